The lowest BCUT2D eigenvalue weighted by Crippen LogP contribution is -2.15. The molecule has 0 spiro atoms. The minimum atomic E-state index is -2.45. The summed E-state index contributed by atoms with van der Waals surface area (Å²) in [5.41, 5.74) is 1.07. The predicted molar refractivity (Wildman–Crippen MR) is 101 cm³/mol. The van der Waals surface area contributed by atoms with Gasteiger partial charge >= 0.3 is 0 Å². The van der Waals surface area contributed by atoms with Gasteiger partial charge in [0.05, 0.1) is 11.3 Å². The Labute approximate surface area is 167 Å². The molecule has 9 heteroatoms. The summed E-state index contributed by atoms with van der Waals surface area (Å²) < 4.78 is 57.8. The number of hydrogen-bond acceptors (Lipinski definition) is 4. The monoisotopic (exact) mass is 420 g/mol. The van der Waals surface area contributed by atoms with Gasteiger partial charge in [0.15, 0.2) is 5.82 Å². The molecule has 0 amide bonds. The van der Waals surface area contributed by atoms with Gasteiger partial charge in [0, 0.05) is 16.4 Å². The third kappa shape index (κ3) is 2.74. The van der Waals surface area contributed by atoms with Crippen LogP contribution >= 0.6 is 11.3 Å². The third-order valence-electron chi connectivity index (χ3n) is 5.41. The molecule has 0 N–H and O–H groups in total. The number of aliphatic imine (C=N–C) groups is 1. The maximum atomic E-state index is 14.7. The summed E-state index contributed by atoms with van der Waals surface area (Å²) in [5, 5.41) is 5.08. The fourth-order valence-corrected chi connectivity index (χ4v) is 5.49. The summed E-state index contributed by atoms with van der Waals surface area (Å²) in [7, 11) is 0. The Kier molecular flexibility index (Phi) is 4.13. The minimum absolute atomic E-state index is 0.139. The van der Waals surface area contributed by atoms with Crippen LogP contribution in [-0.2, 0) is 12.8 Å². The molecule has 150 valence electrons. The predicted octanol–water partition coefficient (Wildman–Crippen LogP) is 4.81. The van der Waals surface area contributed by atoms with Gasteiger partial charge < -0.3 is 0 Å². The van der Waals surface area contributed by atoms with Gasteiger partial charge in [-0.2, -0.15) is 5.10 Å². The summed E-state index contributed by atoms with van der Waals surface area (Å²) in [4.78, 5) is 9.84. The van der Waals surface area contributed by atoms with Crippen LogP contribution in [0.25, 0.3) is 5.00 Å². The molecule has 2 aromatic heterocycles. The first kappa shape index (κ1) is 18.5. The topological polar surface area (TPSA) is 43.1 Å². The number of halogens is 4. The molecule has 0 radical (unpaired) electrons. The number of fused-ring (bicyclic) bond motifs is 5. The standard InChI is InChI=1S/C20H16F4N4S/c1-8-19-26-9(2)27-28(19)20-15(11-6-10(18(23)24)7-14(11)29-20)17(25-8)16-12(21)4-3-5-13(16)22/h3-5,8,10,18H,6-7H2,1-2H3/t8-,10?/m0/s1. The molecular weight excluding hydrogens is 404 g/mol. The number of alkyl halides is 2. The van der Waals surface area contributed by atoms with E-state index in [1.165, 1.54) is 29.5 Å². The Hall–Kier alpha value is -2.55. The SMILES string of the molecule is Cc1nc2n(n1)-c1sc3c(c1C(c1c(F)cccc1F)=N[C@H]2C)CC(C(F)F)C3. The van der Waals surface area contributed by atoms with E-state index < -0.39 is 30.0 Å². The molecule has 1 aliphatic carbocycles. The van der Waals surface area contributed by atoms with Crippen molar-refractivity contribution >= 4 is 17.0 Å². The molecule has 3 aromatic rings. The Morgan fingerprint density at radius 2 is 1.86 bits per heavy atom. The first-order valence-corrected chi connectivity index (χ1v) is 10.1. The highest BCUT2D eigenvalue weighted by atomic mass is 32.1. The van der Waals surface area contributed by atoms with E-state index in [4.69, 9.17) is 0 Å². The van der Waals surface area contributed by atoms with E-state index in [0.717, 1.165) is 4.88 Å². The number of benzene rings is 1. The maximum absolute atomic E-state index is 14.7. The minimum Gasteiger partial charge on any atom is -0.273 e. The lowest BCUT2D eigenvalue weighted by atomic mass is 9.97. The van der Waals surface area contributed by atoms with Gasteiger partial charge in [-0.1, -0.05) is 6.07 Å². The Morgan fingerprint density at radius 1 is 1.14 bits per heavy atom. The van der Waals surface area contributed by atoms with Crippen LogP contribution in [0.1, 0.15) is 46.2 Å². The van der Waals surface area contributed by atoms with Crippen molar-refractivity contribution in [2.45, 2.75) is 39.2 Å². The van der Waals surface area contributed by atoms with E-state index in [9.17, 15) is 17.6 Å². The summed E-state index contributed by atoms with van der Waals surface area (Å²) in [6, 6.07) is 3.13. The Balaban J connectivity index is 1.80. The number of aromatic nitrogens is 3. The smallest absolute Gasteiger partial charge is 0.242 e. The van der Waals surface area contributed by atoms with Crippen molar-refractivity contribution in [3.05, 3.63) is 63.0 Å². The van der Waals surface area contributed by atoms with Crippen molar-refractivity contribution in [3.63, 3.8) is 0 Å². The number of rotatable bonds is 2. The number of hydrogen-bond donors (Lipinski definition) is 0. The second-order valence-electron chi connectivity index (χ2n) is 7.37. The lowest BCUT2D eigenvalue weighted by Gasteiger charge is -2.13. The van der Waals surface area contributed by atoms with E-state index in [-0.39, 0.29) is 24.1 Å². The molecule has 5 rings (SSSR count). The van der Waals surface area contributed by atoms with Crippen molar-refractivity contribution < 1.29 is 17.6 Å². The molecule has 29 heavy (non-hydrogen) atoms. The molecule has 3 heterocycles. The van der Waals surface area contributed by atoms with Crippen molar-refractivity contribution in [1.82, 2.24) is 14.8 Å². The van der Waals surface area contributed by atoms with E-state index in [0.29, 0.717) is 27.8 Å². The van der Waals surface area contributed by atoms with Crippen molar-refractivity contribution in [2.75, 3.05) is 0 Å². The van der Waals surface area contributed by atoms with Crippen LogP contribution in [0.4, 0.5) is 17.6 Å². The molecular formula is C20H16F4N4S. The molecule has 4 nitrogen and oxygen atoms in total. The van der Waals surface area contributed by atoms with Crippen LogP contribution in [0.2, 0.25) is 0 Å². The van der Waals surface area contributed by atoms with Crippen LogP contribution in [0, 0.1) is 24.5 Å². The second kappa shape index (κ2) is 6.48. The first-order chi connectivity index (χ1) is 13.8. The highest BCUT2D eigenvalue weighted by molar-refractivity contribution is 7.15. The number of thiophene rings is 1. The average Bonchev–Trinajstić information content (AvgIpc) is 3.30. The van der Waals surface area contributed by atoms with E-state index in [1.54, 1.807) is 18.5 Å². The zero-order valence-corrected chi connectivity index (χ0v) is 16.4. The molecule has 0 fully saturated rings. The van der Waals surface area contributed by atoms with Gasteiger partial charge in [-0.3, -0.25) is 4.99 Å². The first-order valence-electron chi connectivity index (χ1n) is 9.24. The van der Waals surface area contributed by atoms with E-state index in [2.05, 4.69) is 15.1 Å². The van der Waals surface area contributed by atoms with Gasteiger partial charge in [-0.15, -0.1) is 11.3 Å². The maximum Gasteiger partial charge on any atom is 0.242 e. The fourth-order valence-electron chi connectivity index (χ4n) is 4.10. The van der Waals surface area contributed by atoms with Crippen LogP contribution in [-0.4, -0.2) is 26.9 Å². The van der Waals surface area contributed by atoms with Crippen molar-refractivity contribution in [3.8, 4) is 5.00 Å². The summed E-state index contributed by atoms with van der Waals surface area (Å²) in [5.74, 6) is -1.18. The number of aryl methyl sites for hydroxylation is 1. The molecule has 2 aliphatic rings. The van der Waals surface area contributed by atoms with Gasteiger partial charge in [0.25, 0.3) is 0 Å². The molecule has 1 aromatic carbocycles. The van der Waals surface area contributed by atoms with Crippen LogP contribution in [0.15, 0.2) is 23.2 Å². The van der Waals surface area contributed by atoms with Gasteiger partial charge in [0.1, 0.15) is 28.5 Å². The average molecular weight is 420 g/mol. The van der Waals surface area contributed by atoms with Crippen LogP contribution < -0.4 is 0 Å². The summed E-state index contributed by atoms with van der Waals surface area (Å²) in [6.07, 6.45) is -2.08. The normalized spacial score (nSPS) is 20.3. The van der Waals surface area contributed by atoms with E-state index >= 15 is 0 Å². The van der Waals surface area contributed by atoms with Crippen LogP contribution in [0.3, 0.4) is 0 Å². The highest BCUT2D eigenvalue weighted by Gasteiger charge is 2.38. The van der Waals surface area contributed by atoms with E-state index in [1.807, 2.05) is 0 Å². The van der Waals surface area contributed by atoms with Crippen molar-refractivity contribution in [1.29, 1.82) is 0 Å². The molecule has 1 aliphatic heterocycles. The summed E-state index contributed by atoms with van der Waals surface area (Å²) in [6.45, 7) is 3.53. The summed E-state index contributed by atoms with van der Waals surface area (Å²) >= 11 is 1.33. The lowest BCUT2D eigenvalue weighted by molar-refractivity contribution is 0.0826. The quantitative estimate of drug-likeness (QED) is 0.559. The van der Waals surface area contributed by atoms with Crippen molar-refractivity contribution in [2.24, 2.45) is 10.9 Å². The second-order valence-corrected chi connectivity index (χ2v) is 8.45. The van der Waals surface area contributed by atoms with Gasteiger partial charge in [-0.05, 0) is 44.4 Å². The third-order valence-corrected chi connectivity index (χ3v) is 6.64. The highest BCUT2D eigenvalue weighted by Crippen LogP contribution is 2.45. The largest absolute Gasteiger partial charge is 0.273 e. The molecule has 0 saturated heterocycles. The molecule has 0 bridgehead atoms. The fraction of sp³-hybridized carbons (Fsp3) is 0.350. The Morgan fingerprint density at radius 3 is 2.55 bits per heavy atom. The molecule has 1 unspecified atom stereocenters. The molecule has 2 atom stereocenters. The zero-order chi connectivity index (χ0) is 20.4. The molecule has 0 saturated carbocycles. The number of nitrogens with zero attached hydrogens (tertiary/aromatic N) is 4. The van der Waals surface area contributed by atoms with Crippen LogP contribution in [0.5, 0.6) is 0 Å². The van der Waals surface area contributed by atoms with Gasteiger partial charge in [-0.25, -0.2) is 27.2 Å². The zero-order valence-electron chi connectivity index (χ0n) is 15.6. The Bertz CT molecular complexity index is 1140. The van der Waals surface area contributed by atoms with Gasteiger partial charge in [0.2, 0.25) is 6.43 Å².